The molecule has 2 aliphatic rings. The van der Waals surface area contributed by atoms with Crippen LogP contribution in [0.15, 0.2) is 6.33 Å². The number of nitrogens with zero attached hydrogens (tertiary/aromatic N) is 4. The molecule has 5 rings (SSSR count). The third kappa shape index (κ3) is 3.71. The molecule has 1 fully saturated rings. The van der Waals surface area contributed by atoms with Crippen molar-refractivity contribution < 1.29 is 4.74 Å². The Kier molecular flexibility index (Phi) is 5.61. The van der Waals surface area contributed by atoms with Crippen molar-refractivity contribution in [1.29, 1.82) is 0 Å². The van der Waals surface area contributed by atoms with Crippen LogP contribution in [-0.4, -0.2) is 59.2 Å². The molecule has 3 aromatic heterocycles. The fourth-order valence-corrected chi connectivity index (χ4v) is 5.81. The lowest BCUT2D eigenvalue weighted by atomic mass is 9.88. The highest BCUT2D eigenvalue weighted by Gasteiger charge is 2.23. The predicted octanol–water partition coefficient (Wildman–Crippen LogP) is 3.81. The van der Waals surface area contributed by atoms with Crippen molar-refractivity contribution in [3.63, 3.8) is 0 Å². The molecule has 0 radical (unpaired) electrons. The third-order valence-electron chi connectivity index (χ3n) is 6.12. The quantitative estimate of drug-likeness (QED) is 0.665. The highest BCUT2D eigenvalue weighted by molar-refractivity contribution is 7.26. The van der Waals surface area contributed by atoms with Gasteiger partial charge in [0.2, 0.25) is 0 Å². The van der Waals surface area contributed by atoms with Crippen molar-refractivity contribution in [2.75, 3.05) is 44.7 Å². The monoisotopic (exact) mass is 411 g/mol. The van der Waals surface area contributed by atoms with Crippen molar-refractivity contribution in [3.05, 3.63) is 23.1 Å². The number of ether oxygens (including phenoxy) is 1. The Hall–Kier alpha value is -1.83. The summed E-state index contributed by atoms with van der Waals surface area (Å²) in [5.41, 5.74) is 5.42. The van der Waals surface area contributed by atoms with Crippen LogP contribution in [0.25, 0.3) is 20.4 Å². The first-order valence-corrected chi connectivity index (χ1v) is 11.8. The van der Waals surface area contributed by atoms with E-state index in [2.05, 4.69) is 22.1 Å². The van der Waals surface area contributed by atoms with Gasteiger partial charge in [0.15, 0.2) is 0 Å². The maximum atomic E-state index is 5.44. The van der Waals surface area contributed by atoms with Crippen LogP contribution in [0.5, 0.6) is 0 Å². The number of pyridine rings is 1. The second kappa shape index (κ2) is 8.50. The Labute approximate surface area is 175 Å². The predicted molar refractivity (Wildman–Crippen MR) is 119 cm³/mol. The summed E-state index contributed by atoms with van der Waals surface area (Å²) in [6.07, 6.45) is 8.79. The molecule has 29 heavy (non-hydrogen) atoms. The van der Waals surface area contributed by atoms with E-state index < -0.39 is 0 Å². The molecule has 0 unspecified atom stereocenters. The zero-order chi connectivity index (χ0) is 19.6. The largest absolute Gasteiger partial charge is 0.379 e. The van der Waals surface area contributed by atoms with E-state index in [0.29, 0.717) is 0 Å². The molecule has 1 N–H and O–H groups in total. The second-order valence-corrected chi connectivity index (χ2v) is 9.03. The first-order valence-electron chi connectivity index (χ1n) is 11.0. The molecule has 0 aromatic carbocycles. The standard InChI is InChI=1S/C22H29N5OS/c1-2-5-17-15-6-3-4-7-16(15)18-19-20(29-22(18)26-17)21(25-14-24-19)23-8-9-27-10-12-28-13-11-27/h14H,2-13H2,1H3,(H,23,24,25). The summed E-state index contributed by atoms with van der Waals surface area (Å²) in [5, 5.41) is 4.85. The Morgan fingerprint density at radius 2 is 1.97 bits per heavy atom. The molecule has 154 valence electrons. The molecule has 1 saturated heterocycles. The lowest BCUT2D eigenvalue weighted by Crippen LogP contribution is -2.39. The van der Waals surface area contributed by atoms with Gasteiger partial charge in [0, 0.05) is 37.3 Å². The molecular formula is C22H29N5OS. The van der Waals surface area contributed by atoms with Gasteiger partial charge in [-0.1, -0.05) is 13.3 Å². The first kappa shape index (κ1) is 19.2. The average Bonchev–Trinajstić information content (AvgIpc) is 3.14. The summed E-state index contributed by atoms with van der Waals surface area (Å²) in [6.45, 7) is 7.84. The van der Waals surface area contributed by atoms with E-state index in [0.717, 1.165) is 79.5 Å². The smallest absolute Gasteiger partial charge is 0.147 e. The van der Waals surface area contributed by atoms with E-state index >= 15 is 0 Å². The van der Waals surface area contributed by atoms with Crippen molar-refractivity contribution in [3.8, 4) is 0 Å². The van der Waals surface area contributed by atoms with Crippen LogP contribution in [0.4, 0.5) is 5.82 Å². The van der Waals surface area contributed by atoms with Gasteiger partial charge in [0.25, 0.3) is 0 Å². The minimum absolute atomic E-state index is 0.838. The summed E-state index contributed by atoms with van der Waals surface area (Å²) in [6, 6.07) is 0. The SMILES string of the molecule is CCCc1nc2sc3c(NCCN4CCOCC4)ncnc3c2c2c1CCCC2. The molecule has 0 spiro atoms. The van der Waals surface area contributed by atoms with Crippen LogP contribution >= 0.6 is 11.3 Å². The summed E-state index contributed by atoms with van der Waals surface area (Å²) < 4.78 is 6.59. The topological polar surface area (TPSA) is 63.2 Å². The number of morpholine rings is 1. The molecule has 6 nitrogen and oxygen atoms in total. The number of aryl methyl sites for hydroxylation is 2. The summed E-state index contributed by atoms with van der Waals surface area (Å²) >= 11 is 1.75. The van der Waals surface area contributed by atoms with Crippen molar-refractivity contribution in [2.24, 2.45) is 0 Å². The molecule has 0 bridgehead atoms. The van der Waals surface area contributed by atoms with Crippen LogP contribution < -0.4 is 5.32 Å². The highest BCUT2D eigenvalue weighted by Crippen LogP contribution is 2.40. The Balaban J connectivity index is 1.49. The lowest BCUT2D eigenvalue weighted by molar-refractivity contribution is 0.0398. The van der Waals surface area contributed by atoms with E-state index in [4.69, 9.17) is 14.7 Å². The number of hydrogen-bond acceptors (Lipinski definition) is 7. The number of rotatable bonds is 6. The van der Waals surface area contributed by atoms with Gasteiger partial charge in [0.1, 0.15) is 17.0 Å². The summed E-state index contributed by atoms with van der Waals surface area (Å²) in [7, 11) is 0. The van der Waals surface area contributed by atoms with E-state index in [9.17, 15) is 0 Å². The van der Waals surface area contributed by atoms with Gasteiger partial charge in [-0.25, -0.2) is 15.0 Å². The Bertz CT molecular complexity index is 1010. The molecule has 0 amide bonds. The molecule has 1 aliphatic carbocycles. The van der Waals surface area contributed by atoms with E-state index in [1.54, 1.807) is 17.7 Å². The number of fused-ring (bicyclic) bond motifs is 5. The van der Waals surface area contributed by atoms with E-state index in [1.807, 2.05) is 0 Å². The minimum atomic E-state index is 0.838. The van der Waals surface area contributed by atoms with Gasteiger partial charge < -0.3 is 10.1 Å². The van der Waals surface area contributed by atoms with Crippen molar-refractivity contribution in [2.45, 2.75) is 45.4 Å². The number of hydrogen-bond donors (Lipinski definition) is 1. The summed E-state index contributed by atoms with van der Waals surface area (Å²) in [5.74, 6) is 0.952. The first-order chi connectivity index (χ1) is 14.3. The molecule has 0 saturated carbocycles. The maximum Gasteiger partial charge on any atom is 0.147 e. The second-order valence-electron chi connectivity index (χ2n) is 8.04. The van der Waals surface area contributed by atoms with Gasteiger partial charge in [-0.15, -0.1) is 11.3 Å². The van der Waals surface area contributed by atoms with Gasteiger partial charge in [-0.3, -0.25) is 4.90 Å². The normalized spacial score (nSPS) is 17.7. The molecule has 4 heterocycles. The zero-order valence-electron chi connectivity index (χ0n) is 17.2. The van der Waals surface area contributed by atoms with Crippen LogP contribution in [0.2, 0.25) is 0 Å². The number of thiophene rings is 1. The maximum absolute atomic E-state index is 5.44. The van der Waals surface area contributed by atoms with E-state index in [1.165, 1.54) is 41.5 Å². The molecule has 0 atom stereocenters. The summed E-state index contributed by atoms with van der Waals surface area (Å²) in [4.78, 5) is 18.0. The van der Waals surface area contributed by atoms with Crippen molar-refractivity contribution in [1.82, 2.24) is 19.9 Å². The molecule has 3 aromatic rings. The van der Waals surface area contributed by atoms with Gasteiger partial charge in [-0.2, -0.15) is 0 Å². The van der Waals surface area contributed by atoms with Gasteiger partial charge in [0.05, 0.1) is 23.4 Å². The Morgan fingerprint density at radius 3 is 2.79 bits per heavy atom. The number of nitrogens with one attached hydrogen (secondary N) is 1. The zero-order valence-corrected chi connectivity index (χ0v) is 18.0. The Morgan fingerprint density at radius 1 is 1.14 bits per heavy atom. The third-order valence-corrected chi connectivity index (χ3v) is 7.20. The molecule has 1 aliphatic heterocycles. The van der Waals surface area contributed by atoms with Crippen LogP contribution in [0.3, 0.4) is 0 Å². The van der Waals surface area contributed by atoms with Crippen molar-refractivity contribution >= 4 is 37.6 Å². The fourth-order valence-electron chi connectivity index (χ4n) is 4.66. The number of anilines is 1. The van der Waals surface area contributed by atoms with Gasteiger partial charge in [-0.05, 0) is 43.2 Å². The lowest BCUT2D eigenvalue weighted by Gasteiger charge is -2.26. The number of aromatic nitrogens is 3. The van der Waals surface area contributed by atoms with Crippen LogP contribution in [0, 0.1) is 0 Å². The highest BCUT2D eigenvalue weighted by atomic mass is 32.1. The molecule has 7 heteroatoms. The van der Waals surface area contributed by atoms with Gasteiger partial charge >= 0.3 is 0 Å². The van der Waals surface area contributed by atoms with Crippen LogP contribution in [-0.2, 0) is 24.0 Å². The minimum Gasteiger partial charge on any atom is -0.379 e. The van der Waals surface area contributed by atoms with E-state index in [-0.39, 0.29) is 0 Å². The average molecular weight is 412 g/mol. The molecular weight excluding hydrogens is 382 g/mol. The fraction of sp³-hybridized carbons (Fsp3) is 0.591. The van der Waals surface area contributed by atoms with Crippen LogP contribution in [0.1, 0.15) is 43.0 Å².